The predicted octanol–water partition coefficient (Wildman–Crippen LogP) is 5.60. The van der Waals surface area contributed by atoms with Gasteiger partial charge in [0.05, 0.1) is 22.4 Å². The first-order valence-electron chi connectivity index (χ1n) is 8.36. The summed E-state index contributed by atoms with van der Waals surface area (Å²) in [5.74, 6) is 0. The molecule has 134 valence electrons. The van der Waals surface area contributed by atoms with E-state index in [9.17, 15) is 0 Å². The van der Waals surface area contributed by atoms with E-state index < -0.39 is 0 Å². The summed E-state index contributed by atoms with van der Waals surface area (Å²) in [5, 5.41) is 0. The molecular formula is C18H38O4. The highest BCUT2D eigenvalue weighted by atomic mass is 17.2. The molecule has 0 saturated heterocycles. The Morgan fingerprint density at radius 3 is 0.955 bits per heavy atom. The molecule has 4 nitrogen and oxygen atoms in total. The zero-order valence-corrected chi connectivity index (χ0v) is 16.5. The van der Waals surface area contributed by atoms with E-state index in [1.54, 1.807) is 0 Å². The molecule has 0 N–H and O–H groups in total. The fourth-order valence-electron chi connectivity index (χ4n) is 1.66. The third-order valence-corrected chi connectivity index (χ3v) is 2.84. The lowest BCUT2D eigenvalue weighted by atomic mass is 9.96. The summed E-state index contributed by atoms with van der Waals surface area (Å²) in [7, 11) is 0. The van der Waals surface area contributed by atoms with E-state index in [0.29, 0.717) is 0 Å². The second-order valence-electron chi connectivity index (χ2n) is 9.28. The van der Waals surface area contributed by atoms with E-state index in [1.165, 1.54) is 0 Å². The van der Waals surface area contributed by atoms with Crippen LogP contribution in [0.1, 0.15) is 94.9 Å². The molecule has 0 spiro atoms. The first-order chi connectivity index (χ1) is 9.62. The molecule has 0 bridgehead atoms. The SMILES string of the molecule is CC(C)(C)OOC(C)(C)CCCCC(C)(C)OOC(C)(C)C. The van der Waals surface area contributed by atoms with Crippen molar-refractivity contribution in [3.05, 3.63) is 0 Å². The van der Waals surface area contributed by atoms with Crippen LogP contribution in [0.25, 0.3) is 0 Å². The lowest BCUT2D eigenvalue weighted by molar-refractivity contribution is -0.400. The largest absolute Gasteiger partial charge is 0.230 e. The fraction of sp³-hybridized carbons (Fsp3) is 1.00. The van der Waals surface area contributed by atoms with Crippen molar-refractivity contribution in [1.82, 2.24) is 0 Å². The van der Waals surface area contributed by atoms with Crippen LogP contribution in [0.2, 0.25) is 0 Å². The summed E-state index contributed by atoms with van der Waals surface area (Å²) < 4.78 is 0. The Morgan fingerprint density at radius 2 is 0.727 bits per heavy atom. The van der Waals surface area contributed by atoms with E-state index in [2.05, 4.69) is 27.7 Å². The Bertz CT molecular complexity index is 276. The summed E-state index contributed by atoms with van der Waals surface area (Å²) in [6.07, 6.45) is 4.00. The van der Waals surface area contributed by atoms with Gasteiger partial charge in [-0.15, -0.1) is 0 Å². The maximum absolute atomic E-state index is 5.56. The zero-order valence-electron chi connectivity index (χ0n) is 16.5. The molecule has 0 rings (SSSR count). The molecule has 0 fully saturated rings. The van der Waals surface area contributed by atoms with Gasteiger partial charge >= 0.3 is 0 Å². The molecule has 0 aliphatic carbocycles. The topological polar surface area (TPSA) is 36.9 Å². The van der Waals surface area contributed by atoms with Gasteiger partial charge in [0.15, 0.2) is 0 Å². The molecule has 4 heteroatoms. The minimum absolute atomic E-state index is 0.278. The van der Waals surface area contributed by atoms with Gasteiger partial charge in [0.1, 0.15) is 0 Å². The van der Waals surface area contributed by atoms with E-state index in [-0.39, 0.29) is 22.4 Å². The van der Waals surface area contributed by atoms with Crippen LogP contribution in [-0.2, 0) is 19.6 Å². The molecule has 22 heavy (non-hydrogen) atoms. The molecule has 0 amide bonds. The standard InChI is InChI=1S/C18H38O4/c1-15(2,3)19-21-17(7,8)13-11-12-14-18(9,10)22-20-16(4,5)6/h11-14H2,1-10H3. The van der Waals surface area contributed by atoms with Crippen LogP contribution in [0, 0.1) is 0 Å². The lowest BCUT2D eigenvalue weighted by Crippen LogP contribution is -2.32. The van der Waals surface area contributed by atoms with Gasteiger partial charge < -0.3 is 0 Å². The normalized spacial score (nSPS) is 14.5. The number of hydrogen-bond donors (Lipinski definition) is 0. The molecular weight excluding hydrogens is 280 g/mol. The zero-order chi connectivity index (χ0) is 17.7. The van der Waals surface area contributed by atoms with Crippen molar-refractivity contribution >= 4 is 0 Å². The second kappa shape index (κ2) is 8.09. The maximum Gasteiger partial charge on any atom is 0.0980 e. The molecule has 0 saturated carbocycles. The lowest BCUT2D eigenvalue weighted by Gasteiger charge is -2.30. The van der Waals surface area contributed by atoms with Gasteiger partial charge in [0.25, 0.3) is 0 Å². The van der Waals surface area contributed by atoms with E-state index in [1.807, 2.05) is 41.5 Å². The summed E-state index contributed by atoms with van der Waals surface area (Å²) in [4.78, 5) is 22.0. The summed E-state index contributed by atoms with van der Waals surface area (Å²) in [5.41, 5.74) is -1.12. The highest BCUT2D eigenvalue weighted by molar-refractivity contribution is 4.71. The molecule has 0 heterocycles. The average Bonchev–Trinajstić information content (AvgIpc) is 2.29. The first-order valence-corrected chi connectivity index (χ1v) is 8.36. The summed E-state index contributed by atoms with van der Waals surface area (Å²) >= 11 is 0. The smallest absolute Gasteiger partial charge is 0.0980 e. The van der Waals surface area contributed by atoms with Gasteiger partial charge in [-0.2, -0.15) is 0 Å². The van der Waals surface area contributed by atoms with Gasteiger partial charge in [-0.1, -0.05) is 12.8 Å². The van der Waals surface area contributed by atoms with Crippen molar-refractivity contribution in [2.45, 2.75) is 117 Å². The Balaban J connectivity index is 3.99. The average molecular weight is 318 g/mol. The van der Waals surface area contributed by atoms with Crippen molar-refractivity contribution in [2.24, 2.45) is 0 Å². The van der Waals surface area contributed by atoms with E-state index >= 15 is 0 Å². The van der Waals surface area contributed by atoms with Gasteiger partial charge in [-0.3, -0.25) is 0 Å². The number of unbranched alkanes of at least 4 members (excludes halogenated alkanes) is 1. The van der Waals surface area contributed by atoms with E-state index in [0.717, 1.165) is 25.7 Å². The third kappa shape index (κ3) is 13.5. The number of hydrogen-bond acceptors (Lipinski definition) is 4. The first kappa shape index (κ1) is 21.8. The highest BCUT2D eigenvalue weighted by Crippen LogP contribution is 2.25. The minimum atomic E-state index is -0.280. The van der Waals surface area contributed by atoms with Crippen LogP contribution in [-0.4, -0.2) is 22.4 Å². The van der Waals surface area contributed by atoms with Crippen molar-refractivity contribution in [1.29, 1.82) is 0 Å². The van der Waals surface area contributed by atoms with Gasteiger partial charge in [0.2, 0.25) is 0 Å². The van der Waals surface area contributed by atoms with Crippen LogP contribution in [0.3, 0.4) is 0 Å². The Kier molecular flexibility index (Phi) is 8.03. The van der Waals surface area contributed by atoms with Crippen LogP contribution < -0.4 is 0 Å². The van der Waals surface area contributed by atoms with Crippen LogP contribution in [0.15, 0.2) is 0 Å². The fourth-order valence-corrected chi connectivity index (χ4v) is 1.66. The molecule has 0 atom stereocenters. The predicted molar refractivity (Wildman–Crippen MR) is 90.5 cm³/mol. The second-order valence-corrected chi connectivity index (χ2v) is 9.28. The third-order valence-electron chi connectivity index (χ3n) is 2.84. The number of rotatable bonds is 9. The molecule has 0 aliphatic rings. The monoisotopic (exact) mass is 318 g/mol. The van der Waals surface area contributed by atoms with Gasteiger partial charge in [-0.05, 0) is 82.1 Å². The Labute approximate surface area is 137 Å². The van der Waals surface area contributed by atoms with Crippen molar-refractivity contribution in [2.75, 3.05) is 0 Å². The highest BCUT2D eigenvalue weighted by Gasteiger charge is 2.26. The quantitative estimate of drug-likeness (QED) is 0.315. The van der Waals surface area contributed by atoms with Crippen LogP contribution >= 0.6 is 0 Å². The molecule has 0 aliphatic heterocycles. The molecule has 0 aromatic heterocycles. The van der Waals surface area contributed by atoms with Crippen molar-refractivity contribution in [3.63, 3.8) is 0 Å². The molecule has 0 aromatic carbocycles. The summed E-state index contributed by atoms with van der Waals surface area (Å²) in [6, 6.07) is 0. The maximum atomic E-state index is 5.56. The van der Waals surface area contributed by atoms with Crippen LogP contribution in [0.4, 0.5) is 0 Å². The Morgan fingerprint density at radius 1 is 0.455 bits per heavy atom. The van der Waals surface area contributed by atoms with Crippen molar-refractivity contribution < 1.29 is 19.6 Å². The minimum Gasteiger partial charge on any atom is -0.230 e. The van der Waals surface area contributed by atoms with Crippen LogP contribution in [0.5, 0.6) is 0 Å². The van der Waals surface area contributed by atoms with E-state index in [4.69, 9.17) is 19.6 Å². The van der Waals surface area contributed by atoms with Crippen molar-refractivity contribution in [3.8, 4) is 0 Å². The molecule has 0 radical (unpaired) electrons. The summed E-state index contributed by atoms with van der Waals surface area (Å²) in [6.45, 7) is 20.1. The Hall–Kier alpha value is -0.160. The molecule has 0 unspecified atom stereocenters. The van der Waals surface area contributed by atoms with Gasteiger partial charge in [0, 0.05) is 0 Å². The molecule has 0 aromatic rings. The van der Waals surface area contributed by atoms with Gasteiger partial charge in [-0.25, -0.2) is 19.6 Å².